The van der Waals surface area contributed by atoms with Crippen LogP contribution in [0.3, 0.4) is 0 Å². The summed E-state index contributed by atoms with van der Waals surface area (Å²) in [5.41, 5.74) is 1.02. The van der Waals surface area contributed by atoms with E-state index in [1.807, 2.05) is 69.7 Å². The van der Waals surface area contributed by atoms with Crippen LogP contribution >= 0.6 is 0 Å². The molecule has 50 heavy (non-hydrogen) atoms. The number of amides is 2. The average Bonchev–Trinajstić information content (AvgIpc) is 3.09. The molecule has 11 nitrogen and oxygen atoms in total. The normalized spacial score (nSPS) is 14.2. The number of carbonyl (C=O) groups is 4. The van der Waals surface area contributed by atoms with E-state index in [1.165, 1.54) is 6.07 Å². The summed E-state index contributed by atoms with van der Waals surface area (Å²) in [6.07, 6.45) is 2.77. The van der Waals surface area contributed by atoms with Crippen molar-refractivity contribution in [1.82, 2.24) is 10.2 Å². The van der Waals surface area contributed by atoms with Crippen LogP contribution in [0.15, 0.2) is 42.5 Å². The van der Waals surface area contributed by atoms with E-state index in [9.17, 15) is 14.7 Å². The lowest BCUT2D eigenvalue weighted by Crippen LogP contribution is -2.54. The van der Waals surface area contributed by atoms with E-state index in [-0.39, 0.29) is 30.6 Å². The van der Waals surface area contributed by atoms with Crippen LogP contribution in [0, 0.1) is 5.82 Å². The first-order chi connectivity index (χ1) is 23.8. The molecule has 2 atom stereocenters. The number of hydrogen-bond acceptors (Lipinski definition) is 9. The van der Waals surface area contributed by atoms with Crippen LogP contribution in [0.25, 0.3) is 0 Å². The lowest BCUT2D eigenvalue weighted by Gasteiger charge is -2.38. The molecule has 1 aliphatic rings. The second-order valence-electron chi connectivity index (χ2n) is 13.6. The molecule has 3 rings (SSSR count). The molecule has 0 aromatic heterocycles. The van der Waals surface area contributed by atoms with E-state index in [4.69, 9.17) is 19.1 Å². The Labute approximate surface area is 297 Å². The molecule has 1 saturated heterocycles. The molecule has 0 spiro atoms. The van der Waals surface area contributed by atoms with Gasteiger partial charge in [0.1, 0.15) is 19.2 Å². The van der Waals surface area contributed by atoms with Gasteiger partial charge in [0.15, 0.2) is 5.82 Å². The van der Waals surface area contributed by atoms with Crippen molar-refractivity contribution in [2.75, 3.05) is 43.6 Å². The monoisotopic (exact) mass is 702 g/mol. The smallest absolute Gasteiger partial charge is 0.410 e. The predicted molar refractivity (Wildman–Crippen MR) is 196 cm³/mol. The average molecular weight is 703 g/mol. The second kappa shape index (κ2) is 22.6. The Morgan fingerprint density at radius 3 is 2.24 bits per heavy atom. The van der Waals surface area contributed by atoms with Gasteiger partial charge < -0.3 is 44.6 Å². The summed E-state index contributed by atoms with van der Waals surface area (Å²) in [5, 5.41) is 18.0. The molecular weight excluding hydrogens is 643 g/mol. The zero-order chi connectivity index (χ0) is 37.9. The second-order valence-corrected chi connectivity index (χ2v) is 13.6. The minimum atomic E-state index is -1.17. The van der Waals surface area contributed by atoms with E-state index >= 15 is 4.39 Å². The van der Waals surface area contributed by atoms with Gasteiger partial charge in [0.05, 0.1) is 29.9 Å². The van der Waals surface area contributed by atoms with E-state index in [2.05, 4.69) is 17.6 Å². The fraction of sp³-hybridized carbons (Fsp3) is 0.579. The van der Waals surface area contributed by atoms with Gasteiger partial charge in [-0.05, 0) is 78.0 Å². The number of carbonyl (C=O) groups excluding carboxylic acids is 4. The molecule has 1 fully saturated rings. The fourth-order valence-corrected chi connectivity index (χ4v) is 5.60. The first-order valence-corrected chi connectivity index (χ1v) is 17.3. The van der Waals surface area contributed by atoms with Gasteiger partial charge in [0, 0.05) is 44.6 Å². The number of nitrogens with zero attached hydrogens (tertiary/aromatic N) is 2. The number of nitrogens with one attached hydrogen (secondary N) is 2. The Hall–Kier alpha value is -4.03. The van der Waals surface area contributed by atoms with Crippen LogP contribution in [0.2, 0.25) is 0 Å². The maximum Gasteiger partial charge on any atom is 0.410 e. The Morgan fingerprint density at radius 1 is 1.06 bits per heavy atom. The summed E-state index contributed by atoms with van der Waals surface area (Å²) >= 11 is 0. The van der Waals surface area contributed by atoms with Gasteiger partial charge in [0.2, 0.25) is 0 Å². The lowest BCUT2D eigenvalue weighted by atomic mass is 9.98. The highest BCUT2D eigenvalue weighted by Gasteiger charge is 2.34. The van der Waals surface area contributed by atoms with E-state index in [0.717, 1.165) is 24.8 Å². The molecule has 12 heteroatoms. The van der Waals surface area contributed by atoms with Crippen LogP contribution in [-0.4, -0.2) is 98.8 Å². The number of aliphatic hydroxyl groups excluding tert-OH is 1. The molecular formula is C38H59FN4O7. The highest BCUT2D eigenvalue weighted by atomic mass is 19.1. The standard InChI is InChI=1S/C36H55FN4O5.2CH2O/c1-8-9-13-18-40(7)31-23-27(38-25(2)3)22-29(33(31)37)34(43)39-30(21-26-14-11-10-12-15-26)32(42)24-41(28-16-19-45-20-17-28)35(44)46-36(4,5)6;2*1-2/h10-12,14-15,22-23,25,28,30,32,38,42H,8-9,13,16-21,24H2,1-7H3,(H,39,43);2*1H2. The zero-order valence-corrected chi connectivity index (χ0v) is 31.0. The number of anilines is 2. The summed E-state index contributed by atoms with van der Waals surface area (Å²) in [5.74, 6) is -1.25. The summed E-state index contributed by atoms with van der Waals surface area (Å²) in [6, 6.07) is 11.8. The molecule has 3 N–H and O–H groups in total. The van der Waals surface area contributed by atoms with Crippen molar-refractivity contribution in [2.24, 2.45) is 0 Å². The van der Waals surface area contributed by atoms with Gasteiger partial charge in [0.25, 0.3) is 5.91 Å². The highest BCUT2D eigenvalue weighted by molar-refractivity contribution is 5.97. The molecule has 2 aromatic rings. The van der Waals surface area contributed by atoms with Crippen LogP contribution in [0.4, 0.5) is 20.6 Å². The molecule has 0 saturated carbocycles. The quantitative estimate of drug-likeness (QED) is 0.190. The van der Waals surface area contributed by atoms with Crippen molar-refractivity contribution in [3.8, 4) is 0 Å². The molecule has 1 heterocycles. The van der Waals surface area contributed by atoms with E-state index < -0.39 is 35.6 Å². The Kier molecular flexibility index (Phi) is 19.9. The van der Waals surface area contributed by atoms with Crippen LogP contribution in [-0.2, 0) is 25.5 Å². The van der Waals surface area contributed by atoms with Crippen molar-refractivity contribution in [3.05, 3.63) is 59.4 Å². The van der Waals surface area contributed by atoms with Crippen LogP contribution in [0.1, 0.15) is 89.6 Å². The van der Waals surface area contributed by atoms with E-state index in [1.54, 1.807) is 31.7 Å². The summed E-state index contributed by atoms with van der Waals surface area (Å²) in [6.45, 7) is 17.1. The van der Waals surface area contributed by atoms with Gasteiger partial charge in [-0.3, -0.25) is 4.79 Å². The van der Waals surface area contributed by atoms with Crippen molar-refractivity contribution in [3.63, 3.8) is 0 Å². The zero-order valence-electron chi connectivity index (χ0n) is 31.0. The van der Waals surface area contributed by atoms with Gasteiger partial charge in [-0.15, -0.1) is 0 Å². The third-order valence-electron chi connectivity index (χ3n) is 7.98. The van der Waals surface area contributed by atoms with E-state index in [0.29, 0.717) is 44.0 Å². The SMILES string of the molecule is C=O.C=O.CCCCCN(C)c1cc(NC(C)C)cc(C(=O)NC(Cc2ccccc2)C(O)CN(C(=O)OC(C)(C)C)C2CCOCC2)c1F. The summed E-state index contributed by atoms with van der Waals surface area (Å²) in [7, 11) is 1.83. The topological polar surface area (TPSA) is 138 Å². The molecule has 0 radical (unpaired) electrons. The summed E-state index contributed by atoms with van der Waals surface area (Å²) < 4.78 is 27.4. The van der Waals surface area contributed by atoms with Gasteiger partial charge in [-0.2, -0.15) is 0 Å². The number of benzene rings is 2. The molecule has 1 aliphatic heterocycles. The predicted octanol–water partition coefficient (Wildman–Crippen LogP) is 6.02. The summed E-state index contributed by atoms with van der Waals surface area (Å²) in [4.78, 5) is 46.7. The lowest BCUT2D eigenvalue weighted by molar-refractivity contribution is -0.0987. The van der Waals surface area contributed by atoms with Crippen molar-refractivity contribution in [2.45, 2.75) is 110 Å². The Morgan fingerprint density at radius 2 is 1.68 bits per heavy atom. The van der Waals surface area contributed by atoms with Crippen LogP contribution < -0.4 is 15.5 Å². The molecule has 2 amide bonds. The number of rotatable bonds is 15. The minimum absolute atomic E-state index is 0.0660. The Balaban J connectivity index is 0.00000301. The Bertz CT molecular complexity index is 1280. The maximum atomic E-state index is 16.1. The first kappa shape index (κ1) is 44.0. The first-order valence-electron chi connectivity index (χ1n) is 17.3. The highest BCUT2D eigenvalue weighted by Crippen LogP contribution is 2.28. The molecule has 2 aromatic carbocycles. The molecule has 0 aliphatic carbocycles. The number of halogens is 1. The number of aliphatic hydroxyl groups is 1. The third-order valence-corrected chi connectivity index (χ3v) is 7.98. The van der Waals surface area contributed by atoms with Crippen LogP contribution in [0.5, 0.6) is 0 Å². The maximum absolute atomic E-state index is 16.1. The van der Waals surface area contributed by atoms with Gasteiger partial charge >= 0.3 is 6.09 Å². The number of unbranched alkanes of at least 4 members (excludes halogenated alkanes) is 2. The number of ether oxygens (including phenoxy) is 2. The van der Waals surface area contributed by atoms with Crippen molar-refractivity contribution < 1.29 is 38.1 Å². The third kappa shape index (κ3) is 14.8. The van der Waals surface area contributed by atoms with Crippen molar-refractivity contribution >= 4 is 37.0 Å². The fourth-order valence-electron chi connectivity index (χ4n) is 5.60. The molecule has 0 bridgehead atoms. The van der Waals surface area contributed by atoms with Crippen molar-refractivity contribution in [1.29, 1.82) is 0 Å². The van der Waals surface area contributed by atoms with Gasteiger partial charge in [-0.1, -0.05) is 50.1 Å². The largest absolute Gasteiger partial charge is 0.444 e. The van der Waals surface area contributed by atoms with Gasteiger partial charge in [-0.25, -0.2) is 9.18 Å². The minimum Gasteiger partial charge on any atom is -0.444 e. The molecule has 2 unspecified atom stereocenters. The number of hydrogen-bond donors (Lipinski definition) is 3. The molecule has 280 valence electrons.